The topological polar surface area (TPSA) is 127 Å². The highest BCUT2D eigenvalue weighted by Crippen LogP contribution is 2.40. The number of rotatable bonds is 7. The molecule has 0 spiro atoms. The molecule has 0 bridgehead atoms. The zero-order valence-corrected chi connectivity index (χ0v) is 57.7. The van der Waals surface area contributed by atoms with Gasteiger partial charge < -0.3 is 9.84 Å². The summed E-state index contributed by atoms with van der Waals surface area (Å²) in [5.41, 5.74) is 14.1. The molecule has 426 valence electrons. The quantitative estimate of drug-likeness (QED) is 0.123. The van der Waals surface area contributed by atoms with Gasteiger partial charge in [-0.25, -0.2) is 14.7 Å². The Morgan fingerprint density at radius 2 is 0.624 bits per heavy atom. The second-order valence-corrected chi connectivity index (χ2v) is 25.8. The molecule has 17 heteroatoms. The van der Waals surface area contributed by atoms with Crippen molar-refractivity contribution < 1.29 is 38.7 Å². The molecule has 0 saturated carbocycles. The van der Waals surface area contributed by atoms with Crippen molar-refractivity contribution in [1.29, 1.82) is 0 Å². The first kappa shape index (κ1) is 64.7. The van der Waals surface area contributed by atoms with Gasteiger partial charge in [0.15, 0.2) is 11.6 Å². The van der Waals surface area contributed by atoms with E-state index in [-0.39, 0.29) is 23.4 Å². The number of carboxylic acids is 1. The number of methoxy groups -OCH3 is 1. The van der Waals surface area contributed by atoms with Crippen LogP contribution in [-0.4, -0.2) is 60.8 Å². The SMILES string of the molecule is COC(=O)c1cc(Br)ccc1-c1ccc(Br)cc1.CON(C)C(=O)c1cc(Br)ccc1-c1ccc(Br)cc1.O=C(O)c1cc(Br)ccc1-c1ccc(Br)cc1.O=C1c2cc(Br)ccc2-c2ccc(Br)cc21.O=C1c2ccccc2-c2ccccc21. The first-order chi connectivity index (χ1) is 40.8. The van der Waals surface area contributed by atoms with E-state index in [0.717, 1.165) is 108 Å². The molecule has 85 heavy (non-hydrogen) atoms. The molecule has 0 aromatic heterocycles. The highest BCUT2D eigenvalue weighted by Gasteiger charge is 2.27. The molecule has 0 unspecified atom stereocenters. The number of aromatic carboxylic acids is 1. The average Bonchev–Trinajstić information content (AvgIpc) is 2.16. The van der Waals surface area contributed by atoms with Gasteiger partial charge in [0, 0.05) is 65.1 Å². The van der Waals surface area contributed by atoms with E-state index < -0.39 is 5.97 Å². The standard InChI is InChI=1S/C15H13Br2NO2.C14H10Br2O2.C13H8Br2O2.C13H6Br2O.C13H8O/c1-18(20-2)15(19)14-9-12(17)7-8-13(14)10-3-5-11(16)6-4-10;1-18-14(17)13-8-11(16)6-7-12(13)9-2-4-10(15)5-3-9;14-9-3-1-8(2-4-9)11-6-5-10(15)7-12(11)13(16)17;14-7-1-3-9-10-4-2-8(15)6-12(10)13(16)11(9)5-7;14-13-11-7-3-1-5-9(11)10-6-2-4-8-12(10)13/h3-9H,1-2H3;2-8H,1H3;1-7H,(H,16,17);1-6H;1-8H. The predicted octanol–water partition coefficient (Wildman–Crippen LogP) is 21.1. The van der Waals surface area contributed by atoms with Crippen molar-refractivity contribution in [3.05, 3.63) is 287 Å². The lowest BCUT2D eigenvalue weighted by atomic mass is 9.99. The van der Waals surface area contributed by atoms with Crippen molar-refractivity contribution in [3.63, 3.8) is 0 Å². The Morgan fingerprint density at radius 3 is 0.988 bits per heavy atom. The minimum atomic E-state index is -0.927. The molecular weight excluding hydrogens is 1600 g/mol. The number of amides is 1. The monoisotopic (exact) mass is 1630 g/mol. The van der Waals surface area contributed by atoms with E-state index in [9.17, 15) is 29.1 Å². The molecular formula is C68H45Br8NO8. The summed E-state index contributed by atoms with van der Waals surface area (Å²) in [4.78, 5) is 64.3. The van der Waals surface area contributed by atoms with Crippen LogP contribution in [-0.2, 0) is 9.57 Å². The van der Waals surface area contributed by atoms with Crippen molar-refractivity contribution in [2.24, 2.45) is 0 Å². The van der Waals surface area contributed by atoms with E-state index in [0.29, 0.717) is 22.3 Å². The maximum atomic E-state index is 12.4. The lowest BCUT2D eigenvalue weighted by molar-refractivity contribution is -0.0756. The van der Waals surface area contributed by atoms with Gasteiger partial charge in [0.2, 0.25) is 0 Å². The molecule has 1 N–H and O–H groups in total. The molecule has 2 aliphatic carbocycles. The third-order valence-electron chi connectivity index (χ3n) is 13.2. The summed E-state index contributed by atoms with van der Waals surface area (Å²) in [6.45, 7) is 0. The molecule has 0 heterocycles. The van der Waals surface area contributed by atoms with Crippen molar-refractivity contribution in [2.45, 2.75) is 0 Å². The highest BCUT2D eigenvalue weighted by molar-refractivity contribution is 9.11. The number of carboxylic acid groups (broad SMARTS) is 1. The largest absolute Gasteiger partial charge is 0.478 e. The smallest absolute Gasteiger partial charge is 0.338 e. The Bertz CT molecular complexity index is 4050. The van der Waals surface area contributed by atoms with Crippen molar-refractivity contribution in [1.82, 2.24) is 5.06 Å². The molecule has 9 nitrogen and oxygen atoms in total. The van der Waals surface area contributed by atoms with Gasteiger partial charge in [0.05, 0.1) is 30.9 Å². The van der Waals surface area contributed by atoms with E-state index in [4.69, 9.17) is 9.57 Å². The van der Waals surface area contributed by atoms with Crippen LogP contribution < -0.4 is 0 Å². The van der Waals surface area contributed by atoms with Crippen LogP contribution in [0, 0.1) is 0 Å². The Labute approximate surface area is 558 Å². The van der Waals surface area contributed by atoms with Gasteiger partial charge in [-0.1, -0.05) is 243 Å². The Hall–Kier alpha value is -6.25. The molecule has 0 radical (unpaired) electrons. The molecule has 2 aliphatic rings. The number of hydrogen-bond acceptors (Lipinski definition) is 7. The zero-order chi connectivity index (χ0) is 61.1. The van der Waals surface area contributed by atoms with Gasteiger partial charge in [-0.3, -0.25) is 19.2 Å². The number of nitrogens with zero attached hydrogens (tertiary/aromatic N) is 1. The number of carbonyl (C=O) groups is 5. The number of hydrogen-bond donors (Lipinski definition) is 1. The van der Waals surface area contributed by atoms with Crippen LogP contribution in [0.4, 0.5) is 0 Å². The maximum absolute atomic E-state index is 12.4. The Kier molecular flexibility index (Phi) is 22.8. The number of ketones is 2. The van der Waals surface area contributed by atoms with Gasteiger partial charge in [0.25, 0.3) is 5.91 Å². The third-order valence-corrected chi connectivity index (χ3v) is 17.3. The fraction of sp³-hybridized carbons (Fsp3) is 0.0441. The molecule has 10 aromatic rings. The van der Waals surface area contributed by atoms with Crippen LogP contribution in [0.2, 0.25) is 0 Å². The van der Waals surface area contributed by atoms with Crippen molar-refractivity contribution >= 4 is 157 Å². The summed E-state index contributed by atoms with van der Waals surface area (Å²) >= 11 is 27.0. The number of esters is 1. The van der Waals surface area contributed by atoms with Crippen LogP contribution >= 0.6 is 127 Å². The zero-order valence-electron chi connectivity index (χ0n) is 45.0. The van der Waals surface area contributed by atoms with Gasteiger partial charge in [-0.05, 0) is 153 Å². The molecule has 0 atom stereocenters. The molecule has 0 aliphatic heterocycles. The number of ether oxygens (including phenoxy) is 1. The minimum Gasteiger partial charge on any atom is -0.478 e. The highest BCUT2D eigenvalue weighted by atomic mass is 79.9. The van der Waals surface area contributed by atoms with Gasteiger partial charge in [-0.15, -0.1) is 0 Å². The third kappa shape index (κ3) is 16.0. The molecule has 1 amide bonds. The van der Waals surface area contributed by atoms with Crippen LogP contribution in [0.5, 0.6) is 0 Å². The number of halogens is 8. The minimum absolute atomic E-state index is 0.104. The lowest BCUT2D eigenvalue weighted by Crippen LogP contribution is -2.25. The van der Waals surface area contributed by atoms with Crippen LogP contribution in [0.3, 0.4) is 0 Å². The lowest BCUT2D eigenvalue weighted by Gasteiger charge is -2.16. The summed E-state index contributed by atoms with van der Waals surface area (Å²) < 4.78 is 12.1. The molecule has 12 rings (SSSR count). The summed E-state index contributed by atoms with van der Waals surface area (Å²) in [5, 5.41) is 10.4. The van der Waals surface area contributed by atoms with Crippen LogP contribution in [0.25, 0.3) is 55.6 Å². The van der Waals surface area contributed by atoms with E-state index in [1.807, 2.05) is 188 Å². The average molecular weight is 1640 g/mol. The van der Waals surface area contributed by atoms with E-state index in [2.05, 4.69) is 127 Å². The van der Waals surface area contributed by atoms with Crippen LogP contribution in [0.1, 0.15) is 62.9 Å². The van der Waals surface area contributed by atoms with E-state index in [1.165, 1.54) is 19.3 Å². The first-order valence-corrected chi connectivity index (χ1v) is 31.8. The maximum Gasteiger partial charge on any atom is 0.338 e. The van der Waals surface area contributed by atoms with Crippen molar-refractivity contribution in [2.75, 3.05) is 21.3 Å². The first-order valence-electron chi connectivity index (χ1n) is 25.4. The molecule has 0 fully saturated rings. The number of fused-ring (bicyclic) bond motifs is 6. The fourth-order valence-corrected chi connectivity index (χ4v) is 11.7. The predicted molar refractivity (Wildman–Crippen MR) is 365 cm³/mol. The summed E-state index contributed by atoms with van der Waals surface area (Å²) in [6, 6.07) is 66.8. The number of carbonyl (C=O) groups excluding carboxylic acids is 4. The normalized spacial score (nSPS) is 11.0. The second kappa shape index (κ2) is 29.9. The number of benzene rings is 10. The van der Waals surface area contributed by atoms with Crippen molar-refractivity contribution in [3.8, 4) is 55.6 Å². The Morgan fingerprint density at radius 1 is 0.341 bits per heavy atom. The van der Waals surface area contributed by atoms with E-state index >= 15 is 0 Å². The van der Waals surface area contributed by atoms with Gasteiger partial charge in [0.1, 0.15) is 0 Å². The summed E-state index contributed by atoms with van der Waals surface area (Å²) in [5.74, 6) is -1.20. The fourth-order valence-electron chi connectivity index (χ4n) is 9.08. The second-order valence-electron chi connectivity index (χ2n) is 18.5. The summed E-state index contributed by atoms with van der Waals surface area (Å²) in [7, 11) is 4.44. The number of hydroxylamine groups is 2. The van der Waals surface area contributed by atoms with Crippen LogP contribution in [0.15, 0.2) is 248 Å². The summed E-state index contributed by atoms with van der Waals surface area (Å²) in [6.07, 6.45) is 0. The molecule has 10 aromatic carbocycles. The van der Waals surface area contributed by atoms with Gasteiger partial charge >= 0.3 is 11.9 Å². The van der Waals surface area contributed by atoms with Gasteiger partial charge in [-0.2, -0.15) is 0 Å². The Balaban J connectivity index is 0.000000139. The van der Waals surface area contributed by atoms with E-state index in [1.54, 1.807) is 31.3 Å². The molecule has 0 saturated heterocycles.